The molecule has 0 bridgehead atoms. The maximum absolute atomic E-state index is 6.27. The van der Waals surface area contributed by atoms with Crippen LogP contribution in [0.3, 0.4) is 0 Å². The van der Waals surface area contributed by atoms with Crippen molar-refractivity contribution in [2.24, 2.45) is 0 Å². The second-order valence-electron chi connectivity index (χ2n) is 4.98. The van der Waals surface area contributed by atoms with Gasteiger partial charge in [-0.2, -0.15) is 0 Å². The third kappa shape index (κ3) is 2.85. The monoisotopic (exact) mass is 335 g/mol. The van der Waals surface area contributed by atoms with Crippen LogP contribution in [-0.4, -0.2) is 16.6 Å². The maximum Gasteiger partial charge on any atom is 0.156 e. The number of rotatable bonds is 4. The normalized spacial score (nSPS) is 11.0. The van der Waals surface area contributed by atoms with Gasteiger partial charge in [0.1, 0.15) is 5.82 Å². The molecule has 0 aliphatic carbocycles. The van der Waals surface area contributed by atoms with Crippen molar-refractivity contribution in [1.29, 1.82) is 0 Å². The van der Waals surface area contributed by atoms with E-state index >= 15 is 0 Å². The fourth-order valence-corrected chi connectivity index (χ4v) is 2.80. The first kappa shape index (κ1) is 15.0. The number of anilines is 1. The first-order chi connectivity index (χ1) is 10.6. The van der Waals surface area contributed by atoms with Gasteiger partial charge in [-0.25, -0.2) is 4.98 Å². The summed E-state index contributed by atoms with van der Waals surface area (Å²) in [6.45, 7) is 2.60. The SMILES string of the molecule is CCCOc1c(Cl)cc(-c2nc3ccc(N)cc3[nH]2)cc1Cl. The summed E-state index contributed by atoms with van der Waals surface area (Å²) in [5, 5.41) is 0.937. The summed E-state index contributed by atoms with van der Waals surface area (Å²) < 4.78 is 5.57. The van der Waals surface area contributed by atoms with Gasteiger partial charge in [0.05, 0.1) is 27.7 Å². The van der Waals surface area contributed by atoms with Crippen molar-refractivity contribution in [3.05, 3.63) is 40.4 Å². The Balaban J connectivity index is 2.03. The predicted molar refractivity (Wildman–Crippen MR) is 91.7 cm³/mol. The van der Waals surface area contributed by atoms with Gasteiger partial charge in [-0.3, -0.25) is 0 Å². The van der Waals surface area contributed by atoms with Gasteiger partial charge in [-0.05, 0) is 36.8 Å². The van der Waals surface area contributed by atoms with Crippen molar-refractivity contribution >= 4 is 39.9 Å². The Bertz CT molecular complexity index is 806. The van der Waals surface area contributed by atoms with Crippen LogP contribution in [0.15, 0.2) is 30.3 Å². The molecule has 114 valence electrons. The number of halogens is 2. The van der Waals surface area contributed by atoms with Crippen LogP contribution in [-0.2, 0) is 0 Å². The highest BCUT2D eigenvalue weighted by atomic mass is 35.5. The van der Waals surface area contributed by atoms with Crippen LogP contribution in [0.4, 0.5) is 5.69 Å². The lowest BCUT2D eigenvalue weighted by atomic mass is 10.2. The first-order valence-corrected chi connectivity index (χ1v) is 7.71. The van der Waals surface area contributed by atoms with Gasteiger partial charge < -0.3 is 15.5 Å². The number of H-pyrrole nitrogens is 1. The highest BCUT2D eigenvalue weighted by Gasteiger charge is 2.13. The van der Waals surface area contributed by atoms with E-state index < -0.39 is 0 Å². The van der Waals surface area contributed by atoms with Crippen molar-refractivity contribution in [3.8, 4) is 17.1 Å². The molecule has 3 N–H and O–H groups in total. The summed E-state index contributed by atoms with van der Waals surface area (Å²) in [5.74, 6) is 1.20. The van der Waals surface area contributed by atoms with Crippen LogP contribution in [0, 0.1) is 0 Å². The molecule has 3 aromatic rings. The van der Waals surface area contributed by atoms with Crippen LogP contribution in [0.1, 0.15) is 13.3 Å². The summed E-state index contributed by atoms with van der Waals surface area (Å²) in [5.41, 5.74) is 8.97. The Hall–Kier alpha value is -1.91. The summed E-state index contributed by atoms with van der Waals surface area (Å²) in [7, 11) is 0. The van der Waals surface area contributed by atoms with Crippen LogP contribution in [0.25, 0.3) is 22.4 Å². The van der Waals surface area contributed by atoms with Gasteiger partial charge in [0.2, 0.25) is 0 Å². The van der Waals surface area contributed by atoms with E-state index in [1.165, 1.54) is 0 Å². The summed E-state index contributed by atoms with van der Waals surface area (Å²) >= 11 is 12.5. The molecule has 0 fully saturated rings. The average molecular weight is 336 g/mol. The second-order valence-corrected chi connectivity index (χ2v) is 5.79. The Morgan fingerprint density at radius 1 is 1.18 bits per heavy atom. The number of hydrogen-bond acceptors (Lipinski definition) is 3. The predicted octanol–water partition coefficient (Wildman–Crippen LogP) is 4.91. The van der Waals surface area contributed by atoms with Gasteiger partial charge in [0.15, 0.2) is 5.75 Å². The van der Waals surface area contributed by atoms with Crippen LogP contribution >= 0.6 is 23.2 Å². The number of aromatic amines is 1. The molecule has 6 heteroatoms. The third-order valence-electron chi connectivity index (χ3n) is 3.23. The standard InChI is InChI=1S/C16H15Cl2N3O/c1-2-5-22-15-11(17)6-9(7-12(15)18)16-20-13-4-3-10(19)8-14(13)21-16/h3-4,6-8H,2,5,19H2,1H3,(H,20,21). The zero-order valence-corrected chi connectivity index (χ0v) is 13.5. The lowest BCUT2D eigenvalue weighted by Crippen LogP contribution is -1.97. The molecule has 1 aromatic heterocycles. The molecule has 0 radical (unpaired) electrons. The molecule has 0 saturated carbocycles. The van der Waals surface area contributed by atoms with Crippen molar-refractivity contribution in [1.82, 2.24) is 9.97 Å². The van der Waals surface area contributed by atoms with Crippen LogP contribution in [0.2, 0.25) is 10.0 Å². The largest absolute Gasteiger partial charge is 0.490 e. The molecular weight excluding hydrogens is 321 g/mol. The quantitative estimate of drug-likeness (QED) is 0.666. The number of aromatic nitrogens is 2. The van der Waals surface area contributed by atoms with E-state index in [0.717, 1.165) is 23.0 Å². The Labute approximate surface area is 138 Å². The zero-order chi connectivity index (χ0) is 15.7. The first-order valence-electron chi connectivity index (χ1n) is 6.96. The smallest absolute Gasteiger partial charge is 0.156 e. The zero-order valence-electron chi connectivity index (χ0n) is 12.0. The molecule has 0 spiro atoms. The van der Waals surface area contributed by atoms with Crippen LogP contribution in [0.5, 0.6) is 5.75 Å². The molecular formula is C16H15Cl2N3O. The topological polar surface area (TPSA) is 63.9 Å². The number of hydrogen-bond donors (Lipinski definition) is 2. The van der Waals surface area contributed by atoms with Gasteiger partial charge in [0, 0.05) is 11.3 Å². The minimum absolute atomic E-state index is 0.468. The fourth-order valence-electron chi connectivity index (χ4n) is 2.20. The number of nitrogens with two attached hydrogens (primary N) is 1. The van der Waals surface area contributed by atoms with Crippen molar-refractivity contribution in [3.63, 3.8) is 0 Å². The molecule has 3 rings (SSSR count). The molecule has 0 atom stereocenters. The maximum atomic E-state index is 6.27. The van der Waals surface area contributed by atoms with E-state index in [4.69, 9.17) is 33.7 Å². The lowest BCUT2D eigenvalue weighted by molar-refractivity contribution is 0.318. The van der Waals surface area contributed by atoms with Crippen molar-refractivity contribution in [2.45, 2.75) is 13.3 Å². The molecule has 0 amide bonds. The molecule has 22 heavy (non-hydrogen) atoms. The number of nitrogen functional groups attached to an aromatic ring is 1. The molecule has 0 aliphatic rings. The van der Waals surface area contributed by atoms with E-state index in [0.29, 0.717) is 33.9 Å². The second kappa shape index (κ2) is 6.07. The van der Waals surface area contributed by atoms with Gasteiger partial charge in [-0.15, -0.1) is 0 Å². The number of benzene rings is 2. The van der Waals surface area contributed by atoms with Crippen molar-refractivity contribution < 1.29 is 4.74 Å². The average Bonchev–Trinajstić information content (AvgIpc) is 2.89. The molecule has 0 unspecified atom stereocenters. The van der Waals surface area contributed by atoms with E-state index in [1.54, 1.807) is 12.1 Å². The number of ether oxygens (including phenoxy) is 1. The molecule has 1 heterocycles. The summed E-state index contributed by atoms with van der Waals surface area (Å²) in [4.78, 5) is 7.75. The highest BCUT2D eigenvalue weighted by Crippen LogP contribution is 2.37. The number of nitrogens with one attached hydrogen (secondary N) is 1. The van der Waals surface area contributed by atoms with Gasteiger partial charge >= 0.3 is 0 Å². The van der Waals surface area contributed by atoms with Gasteiger partial charge in [-0.1, -0.05) is 30.1 Å². The van der Waals surface area contributed by atoms with E-state index in [1.807, 2.05) is 25.1 Å². The minimum Gasteiger partial charge on any atom is -0.490 e. The third-order valence-corrected chi connectivity index (χ3v) is 3.79. The fraction of sp³-hybridized carbons (Fsp3) is 0.188. The van der Waals surface area contributed by atoms with Crippen molar-refractivity contribution in [2.75, 3.05) is 12.3 Å². The lowest BCUT2D eigenvalue weighted by Gasteiger charge is -2.10. The summed E-state index contributed by atoms with van der Waals surface area (Å²) in [6.07, 6.45) is 0.888. The number of fused-ring (bicyclic) bond motifs is 1. The molecule has 0 saturated heterocycles. The molecule has 2 aromatic carbocycles. The highest BCUT2D eigenvalue weighted by molar-refractivity contribution is 6.37. The Morgan fingerprint density at radius 3 is 2.59 bits per heavy atom. The minimum atomic E-state index is 0.468. The van der Waals surface area contributed by atoms with E-state index in [2.05, 4.69) is 9.97 Å². The molecule has 0 aliphatic heterocycles. The number of nitrogens with zero attached hydrogens (tertiary/aromatic N) is 1. The van der Waals surface area contributed by atoms with Crippen LogP contribution < -0.4 is 10.5 Å². The Morgan fingerprint density at radius 2 is 1.91 bits per heavy atom. The van der Waals surface area contributed by atoms with E-state index in [9.17, 15) is 0 Å². The van der Waals surface area contributed by atoms with E-state index in [-0.39, 0.29) is 0 Å². The Kier molecular flexibility index (Phi) is 4.14. The van der Waals surface area contributed by atoms with Gasteiger partial charge in [0.25, 0.3) is 0 Å². The number of imidazole rings is 1. The molecule has 4 nitrogen and oxygen atoms in total. The summed E-state index contributed by atoms with van der Waals surface area (Å²) in [6, 6.07) is 9.11.